The van der Waals surface area contributed by atoms with E-state index in [-0.39, 0.29) is 37.9 Å². The van der Waals surface area contributed by atoms with Gasteiger partial charge in [0.25, 0.3) is 0 Å². The summed E-state index contributed by atoms with van der Waals surface area (Å²) in [6, 6.07) is -0.628. The minimum Gasteiger partial charge on any atom is -0.447 e. The Hall–Kier alpha value is -0.610. The molecule has 10 heteroatoms. The molecule has 1 aliphatic rings. The molecule has 0 aliphatic carbocycles. The fourth-order valence-electron chi connectivity index (χ4n) is 1.71. The van der Waals surface area contributed by atoms with E-state index >= 15 is 0 Å². The standard InChI is InChI=1S/C11H20ClNO7S/c12-9-7-21(16,17)8-10(9)13-11(15)20-6-5-19-4-3-18-2-1-14/h9-10,14H,1-8H2,(H,13,15)/t9-,10-/m0/s1. The first-order valence-corrected chi connectivity index (χ1v) is 8.74. The molecule has 2 N–H and O–H groups in total. The number of rotatable bonds is 9. The molecular formula is C11H20ClNO7S. The summed E-state index contributed by atoms with van der Waals surface area (Å²) in [4.78, 5) is 11.4. The first-order chi connectivity index (χ1) is 9.94. The van der Waals surface area contributed by atoms with Crippen molar-refractivity contribution < 1.29 is 32.5 Å². The van der Waals surface area contributed by atoms with Gasteiger partial charge in [-0.25, -0.2) is 13.2 Å². The predicted octanol–water partition coefficient (Wildman–Crippen LogP) is -0.857. The SMILES string of the molecule is O=C(N[C@H]1CS(=O)(=O)C[C@@H]1Cl)OCCOCCOCCO. The zero-order valence-corrected chi connectivity index (χ0v) is 13.1. The molecule has 0 bridgehead atoms. The van der Waals surface area contributed by atoms with Gasteiger partial charge in [0.1, 0.15) is 6.61 Å². The van der Waals surface area contributed by atoms with Crippen LogP contribution in [0.2, 0.25) is 0 Å². The topological polar surface area (TPSA) is 111 Å². The Morgan fingerprint density at radius 3 is 2.33 bits per heavy atom. The van der Waals surface area contributed by atoms with Gasteiger partial charge in [0.05, 0.1) is 56.0 Å². The second kappa shape index (κ2) is 9.42. The maximum atomic E-state index is 11.4. The van der Waals surface area contributed by atoms with Crippen LogP contribution in [0.25, 0.3) is 0 Å². The Balaban J connectivity index is 2.04. The second-order valence-electron chi connectivity index (χ2n) is 4.43. The minimum atomic E-state index is -3.19. The van der Waals surface area contributed by atoms with E-state index in [0.717, 1.165) is 0 Å². The van der Waals surface area contributed by atoms with Crippen LogP contribution in [0, 0.1) is 0 Å². The Labute approximate surface area is 128 Å². The number of halogens is 1. The van der Waals surface area contributed by atoms with Crippen molar-refractivity contribution in [2.24, 2.45) is 0 Å². The summed E-state index contributed by atoms with van der Waals surface area (Å²) >= 11 is 5.85. The molecule has 0 aromatic rings. The molecule has 1 heterocycles. The molecule has 124 valence electrons. The number of carbonyl (C=O) groups is 1. The molecule has 0 spiro atoms. The first-order valence-electron chi connectivity index (χ1n) is 6.49. The van der Waals surface area contributed by atoms with Gasteiger partial charge < -0.3 is 24.6 Å². The quantitative estimate of drug-likeness (QED) is 0.413. The summed E-state index contributed by atoms with van der Waals surface area (Å²) in [5.41, 5.74) is 0. The van der Waals surface area contributed by atoms with Gasteiger partial charge in [-0.05, 0) is 0 Å². The number of hydrogen-bond donors (Lipinski definition) is 2. The van der Waals surface area contributed by atoms with Crippen LogP contribution in [0.5, 0.6) is 0 Å². The van der Waals surface area contributed by atoms with E-state index in [1.54, 1.807) is 0 Å². The van der Waals surface area contributed by atoms with Crippen molar-refractivity contribution in [3.05, 3.63) is 0 Å². The lowest BCUT2D eigenvalue weighted by molar-refractivity contribution is 0.0184. The molecule has 0 unspecified atom stereocenters. The lowest BCUT2D eigenvalue weighted by Gasteiger charge is -2.14. The van der Waals surface area contributed by atoms with Gasteiger partial charge in [0.15, 0.2) is 9.84 Å². The molecule has 0 saturated carbocycles. The molecular weight excluding hydrogens is 326 g/mol. The number of sulfone groups is 1. The number of nitrogens with one attached hydrogen (secondary N) is 1. The lowest BCUT2D eigenvalue weighted by atomic mass is 10.3. The van der Waals surface area contributed by atoms with Crippen molar-refractivity contribution in [1.29, 1.82) is 0 Å². The largest absolute Gasteiger partial charge is 0.447 e. The van der Waals surface area contributed by atoms with Crippen molar-refractivity contribution >= 4 is 27.5 Å². The normalized spacial score (nSPS) is 23.9. The van der Waals surface area contributed by atoms with Crippen LogP contribution < -0.4 is 5.32 Å². The van der Waals surface area contributed by atoms with Crippen molar-refractivity contribution in [2.45, 2.75) is 11.4 Å². The van der Waals surface area contributed by atoms with Crippen molar-refractivity contribution in [2.75, 3.05) is 51.1 Å². The number of alkyl halides is 1. The summed E-state index contributed by atoms with van der Waals surface area (Å²) in [5, 5.41) is 10.2. The van der Waals surface area contributed by atoms with Gasteiger partial charge in [0, 0.05) is 0 Å². The van der Waals surface area contributed by atoms with Gasteiger partial charge in [-0.3, -0.25) is 0 Å². The number of ether oxygens (including phenoxy) is 3. The molecule has 1 amide bonds. The Morgan fingerprint density at radius 2 is 1.76 bits per heavy atom. The Morgan fingerprint density at radius 1 is 1.14 bits per heavy atom. The number of aliphatic hydroxyl groups is 1. The third kappa shape index (κ3) is 7.82. The average molecular weight is 346 g/mol. The summed E-state index contributed by atoms with van der Waals surface area (Å²) in [5.74, 6) is -0.314. The molecule has 0 aromatic heterocycles. The molecule has 1 rings (SSSR count). The summed E-state index contributed by atoms with van der Waals surface area (Å²) in [6.07, 6.45) is -0.720. The third-order valence-electron chi connectivity index (χ3n) is 2.65. The van der Waals surface area contributed by atoms with E-state index in [2.05, 4.69) is 5.32 Å². The Kier molecular flexibility index (Phi) is 8.27. The van der Waals surface area contributed by atoms with Crippen LogP contribution in [0.1, 0.15) is 0 Å². The maximum Gasteiger partial charge on any atom is 0.407 e. The number of alkyl carbamates (subject to hydrolysis) is 1. The first kappa shape index (κ1) is 18.4. The number of hydrogen-bond acceptors (Lipinski definition) is 7. The summed E-state index contributed by atoms with van der Waals surface area (Å²) in [6.45, 7) is 1.13. The number of carbonyl (C=O) groups excluding carboxylic acids is 1. The minimum absolute atomic E-state index is 0.0399. The van der Waals surface area contributed by atoms with Gasteiger partial charge in [-0.2, -0.15) is 0 Å². The molecule has 8 nitrogen and oxygen atoms in total. The van der Waals surface area contributed by atoms with Crippen LogP contribution >= 0.6 is 11.6 Å². The highest BCUT2D eigenvalue weighted by Gasteiger charge is 2.37. The predicted molar refractivity (Wildman–Crippen MR) is 75.3 cm³/mol. The summed E-state index contributed by atoms with van der Waals surface area (Å²) < 4.78 is 37.6. The van der Waals surface area contributed by atoms with Crippen LogP contribution in [-0.4, -0.2) is 82.2 Å². The molecule has 21 heavy (non-hydrogen) atoms. The van der Waals surface area contributed by atoms with Crippen molar-refractivity contribution in [3.63, 3.8) is 0 Å². The molecule has 1 aliphatic heterocycles. The van der Waals surface area contributed by atoms with Gasteiger partial charge in [-0.1, -0.05) is 0 Å². The van der Waals surface area contributed by atoms with E-state index in [1.165, 1.54) is 0 Å². The third-order valence-corrected chi connectivity index (χ3v) is 5.03. The molecule has 1 fully saturated rings. The van der Waals surface area contributed by atoms with Crippen molar-refractivity contribution in [1.82, 2.24) is 5.32 Å². The van der Waals surface area contributed by atoms with Gasteiger partial charge in [-0.15, -0.1) is 11.6 Å². The molecule has 1 saturated heterocycles. The highest BCUT2D eigenvalue weighted by atomic mass is 35.5. The summed E-state index contributed by atoms with van der Waals surface area (Å²) in [7, 11) is -3.19. The van der Waals surface area contributed by atoms with Crippen molar-refractivity contribution in [3.8, 4) is 0 Å². The van der Waals surface area contributed by atoms with Gasteiger partial charge in [0.2, 0.25) is 0 Å². The van der Waals surface area contributed by atoms with E-state index < -0.39 is 27.3 Å². The zero-order valence-electron chi connectivity index (χ0n) is 11.5. The van der Waals surface area contributed by atoms with Crippen LogP contribution in [0.15, 0.2) is 0 Å². The fourth-order valence-corrected chi connectivity index (χ4v) is 4.26. The monoisotopic (exact) mass is 345 g/mol. The lowest BCUT2D eigenvalue weighted by Crippen LogP contribution is -2.41. The van der Waals surface area contributed by atoms with E-state index in [9.17, 15) is 13.2 Å². The van der Waals surface area contributed by atoms with Crippen LogP contribution in [-0.2, 0) is 24.0 Å². The maximum absolute atomic E-state index is 11.4. The zero-order chi connectivity index (χ0) is 15.7. The van der Waals surface area contributed by atoms with E-state index in [0.29, 0.717) is 13.2 Å². The number of aliphatic hydroxyl groups excluding tert-OH is 1. The fraction of sp³-hybridized carbons (Fsp3) is 0.909. The average Bonchev–Trinajstić information content (AvgIpc) is 2.65. The molecule has 0 radical (unpaired) electrons. The highest BCUT2D eigenvalue weighted by Crippen LogP contribution is 2.17. The van der Waals surface area contributed by atoms with Crippen LogP contribution in [0.4, 0.5) is 4.79 Å². The second-order valence-corrected chi connectivity index (χ2v) is 7.14. The smallest absolute Gasteiger partial charge is 0.407 e. The number of amides is 1. The highest BCUT2D eigenvalue weighted by molar-refractivity contribution is 7.91. The molecule has 0 aromatic carbocycles. The Bertz CT molecular complexity index is 417. The molecule has 2 atom stereocenters. The van der Waals surface area contributed by atoms with E-state index in [1.807, 2.05) is 0 Å². The van der Waals surface area contributed by atoms with E-state index in [4.69, 9.17) is 30.9 Å². The van der Waals surface area contributed by atoms with Crippen LogP contribution in [0.3, 0.4) is 0 Å². The van der Waals surface area contributed by atoms with Gasteiger partial charge >= 0.3 is 6.09 Å².